The molecule has 0 amide bonds. The third-order valence-electron chi connectivity index (χ3n) is 3.79. The summed E-state index contributed by atoms with van der Waals surface area (Å²) < 4.78 is 13.4. The van der Waals surface area contributed by atoms with Crippen molar-refractivity contribution in [3.63, 3.8) is 0 Å². The lowest BCUT2D eigenvalue weighted by atomic mass is 10.2. The number of fused-ring (bicyclic) bond motifs is 1. The van der Waals surface area contributed by atoms with Gasteiger partial charge in [0, 0.05) is 13.6 Å². The normalized spacial score (nSPS) is 18.7. The molecule has 0 N–H and O–H groups in total. The third-order valence-corrected chi connectivity index (χ3v) is 4.34. The molecule has 1 unspecified atom stereocenters. The van der Waals surface area contributed by atoms with Crippen LogP contribution in [-0.4, -0.2) is 49.6 Å². The minimum absolute atomic E-state index is 0.185. The summed E-state index contributed by atoms with van der Waals surface area (Å²) >= 11 is 3.49. The fraction of sp³-hybridized carbons (Fsp3) is 0.462. The van der Waals surface area contributed by atoms with E-state index in [0.29, 0.717) is 36.1 Å². The zero-order valence-electron chi connectivity index (χ0n) is 12.6. The van der Waals surface area contributed by atoms with Crippen LogP contribution in [0.25, 0.3) is 11.0 Å². The Bertz CT molecular complexity index is 861. The second-order valence-corrected chi connectivity index (χ2v) is 6.03. The molecule has 3 aromatic heterocycles. The monoisotopic (exact) mass is 379 g/mol. The predicted molar refractivity (Wildman–Crippen MR) is 83.9 cm³/mol. The molecule has 1 aliphatic heterocycles. The van der Waals surface area contributed by atoms with E-state index in [1.165, 1.54) is 6.33 Å². The van der Waals surface area contributed by atoms with Crippen LogP contribution in [0, 0.1) is 6.92 Å². The summed E-state index contributed by atoms with van der Waals surface area (Å²) in [7, 11) is 1.85. The molecule has 0 spiro atoms. The largest absolute Gasteiger partial charge is 0.377 e. The van der Waals surface area contributed by atoms with Gasteiger partial charge >= 0.3 is 0 Å². The smallest absolute Gasteiger partial charge is 0.251 e. The molecule has 0 saturated carbocycles. The molecule has 0 bridgehead atoms. The minimum atomic E-state index is -0.185. The zero-order valence-corrected chi connectivity index (χ0v) is 14.2. The van der Waals surface area contributed by atoms with E-state index in [1.54, 1.807) is 11.6 Å². The van der Waals surface area contributed by atoms with Gasteiger partial charge in [-0.15, -0.1) is 0 Å². The van der Waals surface area contributed by atoms with Crippen LogP contribution >= 0.6 is 15.9 Å². The Hall–Kier alpha value is -2.07. The summed E-state index contributed by atoms with van der Waals surface area (Å²) in [6, 6.07) is -0.185. The van der Waals surface area contributed by atoms with Gasteiger partial charge in [-0.3, -0.25) is 0 Å². The molecule has 9 nitrogen and oxygen atoms in total. The lowest BCUT2D eigenvalue weighted by molar-refractivity contribution is 0.0835. The molecule has 1 aliphatic rings. The molecule has 0 aliphatic carbocycles. The van der Waals surface area contributed by atoms with Gasteiger partial charge in [0.1, 0.15) is 22.8 Å². The van der Waals surface area contributed by atoms with Crippen molar-refractivity contribution in [1.29, 1.82) is 0 Å². The average Bonchev–Trinajstić information content (AvgIpc) is 3.11. The number of nitrogens with zero attached hydrogens (tertiary/aromatic N) is 7. The highest BCUT2D eigenvalue weighted by atomic mass is 79.9. The summed E-state index contributed by atoms with van der Waals surface area (Å²) in [5, 5.41) is 9.11. The highest BCUT2D eigenvalue weighted by Gasteiger charge is 2.32. The van der Waals surface area contributed by atoms with Crippen molar-refractivity contribution in [2.75, 3.05) is 24.7 Å². The first-order valence-electron chi connectivity index (χ1n) is 7.13. The van der Waals surface area contributed by atoms with Gasteiger partial charge in [0.15, 0.2) is 11.5 Å². The minimum Gasteiger partial charge on any atom is -0.377 e. The first-order valence-corrected chi connectivity index (χ1v) is 7.92. The quantitative estimate of drug-likeness (QED) is 0.659. The van der Waals surface area contributed by atoms with Gasteiger partial charge in [0.25, 0.3) is 5.89 Å². The Balaban J connectivity index is 1.84. The predicted octanol–water partition coefficient (Wildman–Crippen LogP) is 1.40. The van der Waals surface area contributed by atoms with Crippen molar-refractivity contribution < 1.29 is 9.26 Å². The second kappa shape index (κ2) is 5.53. The molecule has 0 radical (unpaired) electrons. The Labute approximate surface area is 139 Å². The number of morpholine rings is 1. The maximum Gasteiger partial charge on any atom is 0.251 e. The van der Waals surface area contributed by atoms with E-state index in [-0.39, 0.29) is 6.04 Å². The number of rotatable bonds is 2. The van der Waals surface area contributed by atoms with Gasteiger partial charge in [-0.25, -0.2) is 14.6 Å². The molecule has 1 fully saturated rings. The number of hydrogen-bond donors (Lipinski definition) is 0. The molecular formula is C13H14BrN7O2. The fourth-order valence-electron chi connectivity index (χ4n) is 2.75. The number of anilines is 1. The fourth-order valence-corrected chi connectivity index (χ4v) is 3.35. The summed E-state index contributed by atoms with van der Waals surface area (Å²) in [5.41, 5.74) is 0.758. The molecule has 120 valence electrons. The summed E-state index contributed by atoms with van der Waals surface area (Å²) in [6.07, 6.45) is 1.54. The Morgan fingerprint density at radius 1 is 1.35 bits per heavy atom. The van der Waals surface area contributed by atoms with Crippen molar-refractivity contribution in [2.45, 2.75) is 13.0 Å². The Kier molecular flexibility index (Phi) is 3.49. The summed E-state index contributed by atoms with van der Waals surface area (Å²) in [5.74, 6) is 1.90. The Morgan fingerprint density at radius 2 is 2.22 bits per heavy atom. The first kappa shape index (κ1) is 14.5. The third kappa shape index (κ3) is 2.38. The standard InChI is InChI=1S/C13H14BrN7O2/c1-7-17-13(23-19-7)8-5-22-4-3-21(8)12-9-10(14)18-20(2)11(9)15-6-16-12/h6,8H,3-5H2,1-2H3. The maximum absolute atomic E-state index is 5.60. The zero-order chi connectivity index (χ0) is 16.0. The molecular weight excluding hydrogens is 366 g/mol. The van der Waals surface area contributed by atoms with E-state index in [1.807, 2.05) is 7.05 Å². The van der Waals surface area contributed by atoms with Crippen LogP contribution in [0.1, 0.15) is 17.8 Å². The average molecular weight is 380 g/mol. The van der Waals surface area contributed by atoms with Crippen molar-refractivity contribution >= 4 is 32.8 Å². The maximum atomic E-state index is 5.60. The number of aromatic nitrogens is 6. The molecule has 4 heterocycles. The van der Waals surface area contributed by atoms with Gasteiger partial charge < -0.3 is 14.2 Å². The summed E-state index contributed by atoms with van der Waals surface area (Å²) in [4.78, 5) is 15.2. The van der Waals surface area contributed by atoms with E-state index in [9.17, 15) is 0 Å². The van der Waals surface area contributed by atoms with Crippen LogP contribution in [0.2, 0.25) is 0 Å². The van der Waals surface area contributed by atoms with Gasteiger partial charge in [-0.1, -0.05) is 5.16 Å². The van der Waals surface area contributed by atoms with E-state index >= 15 is 0 Å². The van der Waals surface area contributed by atoms with E-state index in [2.05, 4.69) is 46.0 Å². The van der Waals surface area contributed by atoms with Gasteiger partial charge in [-0.05, 0) is 22.9 Å². The molecule has 10 heteroatoms. The first-order chi connectivity index (χ1) is 11.1. The SMILES string of the molecule is Cc1noc(C2COCCN2c2ncnc3c2c(Br)nn3C)n1. The van der Waals surface area contributed by atoms with Crippen LogP contribution in [0.5, 0.6) is 0 Å². The molecule has 0 aromatic carbocycles. The number of hydrogen-bond acceptors (Lipinski definition) is 8. The van der Waals surface area contributed by atoms with Gasteiger partial charge in [0.2, 0.25) is 0 Å². The molecule has 3 aromatic rings. The molecule has 4 rings (SSSR count). The highest BCUT2D eigenvalue weighted by Crippen LogP contribution is 2.35. The molecule has 1 atom stereocenters. The van der Waals surface area contributed by atoms with Crippen LogP contribution in [-0.2, 0) is 11.8 Å². The molecule has 23 heavy (non-hydrogen) atoms. The number of ether oxygens (including phenoxy) is 1. The van der Waals surface area contributed by atoms with Gasteiger partial charge in [0.05, 0.1) is 18.6 Å². The highest BCUT2D eigenvalue weighted by molar-refractivity contribution is 9.10. The van der Waals surface area contributed by atoms with Crippen LogP contribution in [0.15, 0.2) is 15.5 Å². The molecule has 1 saturated heterocycles. The van der Waals surface area contributed by atoms with E-state index < -0.39 is 0 Å². The number of aryl methyl sites for hydroxylation is 2. The van der Waals surface area contributed by atoms with Crippen molar-refractivity contribution in [1.82, 2.24) is 29.9 Å². The van der Waals surface area contributed by atoms with Crippen LogP contribution in [0.4, 0.5) is 5.82 Å². The van der Waals surface area contributed by atoms with Crippen molar-refractivity contribution in [3.05, 3.63) is 22.6 Å². The lowest BCUT2D eigenvalue weighted by Crippen LogP contribution is -2.40. The lowest BCUT2D eigenvalue weighted by Gasteiger charge is -2.34. The van der Waals surface area contributed by atoms with Crippen molar-refractivity contribution in [3.8, 4) is 0 Å². The Morgan fingerprint density at radius 3 is 3.00 bits per heavy atom. The van der Waals surface area contributed by atoms with E-state index in [0.717, 1.165) is 16.9 Å². The number of halogens is 1. The second-order valence-electron chi connectivity index (χ2n) is 5.27. The topological polar surface area (TPSA) is 95.0 Å². The van der Waals surface area contributed by atoms with Crippen LogP contribution < -0.4 is 4.90 Å². The summed E-state index contributed by atoms with van der Waals surface area (Å²) in [6.45, 7) is 3.53. The van der Waals surface area contributed by atoms with Gasteiger partial charge in [-0.2, -0.15) is 10.1 Å². The van der Waals surface area contributed by atoms with Crippen LogP contribution in [0.3, 0.4) is 0 Å². The van der Waals surface area contributed by atoms with Crippen molar-refractivity contribution in [2.24, 2.45) is 7.05 Å². The van der Waals surface area contributed by atoms with E-state index in [4.69, 9.17) is 9.26 Å².